The zero-order valence-corrected chi connectivity index (χ0v) is 11.6. The van der Waals surface area contributed by atoms with Gasteiger partial charge in [-0.1, -0.05) is 24.3 Å². The average Bonchev–Trinajstić information content (AvgIpc) is 2.88. The third-order valence-corrected chi connectivity index (χ3v) is 3.24. The summed E-state index contributed by atoms with van der Waals surface area (Å²) in [7, 11) is 0. The molecule has 0 spiro atoms. The Morgan fingerprint density at radius 1 is 1.30 bits per heavy atom. The topological polar surface area (TPSA) is 68.3 Å². The van der Waals surface area contributed by atoms with Crippen LogP contribution in [0, 0.1) is 17.0 Å². The molecule has 0 aliphatic rings. The molecule has 0 saturated heterocycles. The predicted molar refractivity (Wildman–Crippen MR) is 76.5 cm³/mol. The molecule has 2 rings (SSSR count). The van der Waals surface area contributed by atoms with Crippen molar-refractivity contribution in [1.29, 1.82) is 0 Å². The van der Waals surface area contributed by atoms with E-state index in [1.807, 2.05) is 12.1 Å². The fraction of sp³-hybridized carbons (Fsp3) is 0.333. The molecule has 1 atom stereocenters. The number of benzene rings is 1. The maximum Gasteiger partial charge on any atom is 0.433 e. The molecule has 1 aromatic heterocycles. The smallest absolute Gasteiger partial charge is 0.404 e. The van der Waals surface area contributed by atoms with Crippen LogP contribution in [0.15, 0.2) is 40.8 Å². The van der Waals surface area contributed by atoms with E-state index >= 15 is 0 Å². The molecule has 1 N–H and O–H groups in total. The van der Waals surface area contributed by atoms with Crippen LogP contribution in [-0.2, 0) is 13.0 Å². The maximum atomic E-state index is 10.5. The highest BCUT2D eigenvalue weighted by Gasteiger charge is 2.12. The highest BCUT2D eigenvalue weighted by Crippen LogP contribution is 2.16. The fourth-order valence-electron chi connectivity index (χ4n) is 2.08. The normalized spacial score (nSPS) is 12.3. The Balaban J connectivity index is 1.87. The maximum absolute atomic E-state index is 10.5. The lowest BCUT2D eigenvalue weighted by atomic mass is 10.0. The average molecular weight is 274 g/mol. The molecule has 106 valence electrons. The third-order valence-electron chi connectivity index (χ3n) is 3.24. The predicted octanol–water partition coefficient (Wildman–Crippen LogP) is 3.22. The first-order chi connectivity index (χ1) is 9.56. The number of hydrogen-bond acceptors (Lipinski definition) is 4. The van der Waals surface area contributed by atoms with E-state index in [1.165, 1.54) is 17.2 Å². The van der Waals surface area contributed by atoms with Crippen molar-refractivity contribution < 1.29 is 9.34 Å². The van der Waals surface area contributed by atoms with E-state index in [9.17, 15) is 10.1 Å². The second-order valence-electron chi connectivity index (χ2n) is 4.91. The minimum absolute atomic E-state index is 0.214. The first-order valence-electron chi connectivity index (χ1n) is 6.57. The van der Waals surface area contributed by atoms with Gasteiger partial charge in [-0.05, 0) is 37.5 Å². The molecular weight excluding hydrogens is 256 g/mol. The Bertz CT molecular complexity index is 592. The van der Waals surface area contributed by atoms with Crippen LogP contribution in [0.25, 0.3) is 0 Å². The number of nitrogens with one attached hydrogen (secondary N) is 1. The largest absolute Gasteiger partial charge is 0.433 e. The molecule has 2 aromatic rings. The first kappa shape index (κ1) is 14.3. The summed E-state index contributed by atoms with van der Waals surface area (Å²) >= 11 is 0. The first-order valence-corrected chi connectivity index (χ1v) is 6.57. The number of furan rings is 1. The van der Waals surface area contributed by atoms with Crippen molar-refractivity contribution in [2.24, 2.45) is 0 Å². The lowest BCUT2D eigenvalue weighted by molar-refractivity contribution is -0.402. The molecule has 0 radical (unpaired) electrons. The Hall–Kier alpha value is -2.14. The summed E-state index contributed by atoms with van der Waals surface area (Å²) in [4.78, 5) is 9.99. The number of nitro groups is 1. The number of hydrogen-bond donors (Lipinski definition) is 1. The van der Waals surface area contributed by atoms with E-state index in [2.05, 4.69) is 31.3 Å². The molecule has 1 unspecified atom stereocenters. The van der Waals surface area contributed by atoms with Crippen LogP contribution in [0.2, 0.25) is 0 Å². The fourth-order valence-corrected chi connectivity index (χ4v) is 2.08. The van der Waals surface area contributed by atoms with Crippen molar-refractivity contribution in [1.82, 2.24) is 5.32 Å². The molecule has 1 heterocycles. The highest BCUT2D eigenvalue weighted by atomic mass is 16.6. The molecule has 0 amide bonds. The Labute approximate surface area is 117 Å². The summed E-state index contributed by atoms with van der Waals surface area (Å²) in [6, 6.07) is 11.5. The molecule has 0 bridgehead atoms. The van der Waals surface area contributed by atoms with Gasteiger partial charge in [-0.15, -0.1) is 0 Å². The summed E-state index contributed by atoms with van der Waals surface area (Å²) < 4.78 is 5.11. The molecule has 5 heteroatoms. The van der Waals surface area contributed by atoms with Crippen molar-refractivity contribution in [3.05, 3.63) is 63.4 Å². The van der Waals surface area contributed by atoms with Crippen LogP contribution in [-0.4, -0.2) is 11.0 Å². The number of nitrogens with zero attached hydrogens (tertiary/aromatic N) is 1. The van der Waals surface area contributed by atoms with Crippen molar-refractivity contribution >= 4 is 5.88 Å². The minimum atomic E-state index is -0.528. The van der Waals surface area contributed by atoms with Gasteiger partial charge in [-0.3, -0.25) is 10.1 Å². The molecule has 1 aromatic carbocycles. The monoisotopic (exact) mass is 274 g/mol. The van der Waals surface area contributed by atoms with Crippen LogP contribution in [0.1, 0.15) is 23.8 Å². The summed E-state index contributed by atoms with van der Waals surface area (Å²) in [6.07, 6.45) is 0.912. The van der Waals surface area contributed by atoms with Crippen LogP contribution < -0.4 is 5.32 Å². The van der Waals surface area contributed by atoms with Gasteiger partial charge in [0.15, 0.2) is 0 Å². The van der Waals surface area contributed by atoms with Crippen LogP contribution in [0.4, 0.5) is 5.88 Å². The number of rotatable bonds is 6. The Morgan fingerprint density at radius 2 is 2.05 bits per heavy atom. The summed E-state index contributed by atoms with van der Waals surface area (Å²) in [5, 5.41) is 13.8. The van der Waals surface area contributed by atoms with E-state index < -0.39 is 4.92 Å². The second-order valence-corrected chi connectivity index (χ2v) is 4.91. The van der Waals surface area contributed by atoms with Gasteiger partial charge in [-0.25, -0.2) is 0 Å². The van der Waals surface area contributed by atoms with Gasteiger partial charge in [0, 0.05) is 6.04 Å². The molecule has 5 nitrogen and oxygen atoms in total. The van der Waals surface area contributed by atoms with Gasteiger partial charge in [0.2, 0.25) is 0 Å². The minimum Gasteiger partial charge on any atom is -0.404 e. The molecule has 20 heavy (non-hydrogen) atoms. The SMILES string of the molecule is Cc1ccccc1CC(C)NCc1ccc([N+](=O)[O-])o1. The molecule has 0 saturated carbocycles. The lowest BCUT2D eigenvalue weighted by Gasteiger charge is -2.14. The van der Waals surface area contributed by atoms with E-state index in [1.54, 1.807) is 6.07 Å². The van der Waals surface area contributed by atoms with Crippen molar-refractivity contribution in [3.63, 3.8) is 0 Å². The van der Waals surface area contributed by atoms with Gasteiger partial charge in [0.25, 0.3) is 0 Å². The molecule has 0 aliphatic carbocycles. The van der Waals surface area contributed by atoms with Gasteiger partial charge in [0.1, 0.15) is 10.7 Å². The van der Waals surface area contributed by atoms with E-state index in [0.29, 0.717) is 12.3 Å². The third kappa shape index (κ3) is 3.68. The van der Waals surface area contributed by atoms with E-state index in [-0.39, 0.29) is 11.9 Å². The van der Waals surface area contributed by atoms with Crippen molar-refractivity contribution in [2.75, 3.05) is 0 Å². The highest BCUT2D eigenvalue weighted by molar-refractivity contribution is 5.26. The summed E-state index contributed by atoms with van der Waals surface area (Å²) in [5.41, 5.74) is 2.58. The Morgan fingerprint density at radius 3 is 2.70 bits per heavy atom. The van der Waals surface area contributed by atoms with Crippen LogP contribution in [0.5, 0.6) is 0 Å². The van der Waals surface area contributed by atoms with Gasteiger partial charge in [0.05, 0.1) is 12.6 Å². The molecule has 0 fully saturated rings. The summed E-state index contributed by atoms with van der Waals surface area (Å²) in [6.45, 7) is 4.67. The second kappa shape index (κ2) is 6.34. The molecule has 0 aliphatic heterocycles. The summed E-state index contributed by atoms with van der Waals surface area (Å²) in [5.74, 6) is 0.363. The van der Waals surface area contributed by atoms with Crippen molar-refractivity contribution in [3.8, 4) is 0 Å². The lowest BCUT2D eigenvalue weighted by Crippen LogP contribution is -2.27. The van der Waals surface area contributed by atoms with Gasteiger partial charge >= 0.3 is 5.88 Å². The van der Waals surface area contributed by atoms with E-state index in [0.717, 1.165) is 6.42 Å². The zero-order valence-electron chi connectivity index (χ0n) is 11.6. The van der Waals surface area contributed by atoms with Gasteiger partial charge in [-0.2, -0.15) is 0 Å². The van der Waals surface area contributed by atoms with Crippen LogP contribution in [0.3, 0.4) is 0 Å². The Kier molecular flexibility index (Phi) is 4.53. The standard InChI is InChI=1S/C15H18N2O3/c1-11-5-3-4-6-13(11)9-12(2)16-10-14-7-8-15(20-14)17(18)19/h3-8,12,16H,9-10H2,1-2H3. The van der Waals surface area contributed by atoms with Gasteiger partial charge < -0.3 is 9.73 Å². The van der Waals surface area contributed by atoms with E-state index in [4.69, 9.17) is 4.42 Å². The zero-order chi connectivity index (χ0) is 14.5. The molecular formula is C15H18N2O3. The van der Waals surface area contributed by atoms with Crippen LogP contribution >= 0.6 is 0 Å². The number of aryl methyl sites for hydroxylation is 1. The van der Waals surface area contributed by atoms with Crippen molar-refractivity contribution in [2.45, 2.75) is 32.9 Å². The quantitative estimate of drug-likeness (QED) is 0.648.